The molecule has 290 valence electrons. The van der Waals surface area contributed by atoms with Crippen LogP contribution >= 0.6 is 11.6 Å². The molecule has 3 aromatic rings. The average molecular weight is 775 g/mol. The number of hydrogen-bond donors (Lipinski definition) is 1. The molecule has 0 radical (unpaired) electrons. The minimum atomic E-state index is -5.16. The van der Waals surface area contributed by atoms with Crippen molar-refractivity contribution in [2.24, 2.45) is 5.73 Å². The number of nitrogens with two attached hydrogens (primary N) is 1. The summed E-state index contributed by atoms with van der Waals surface area (Å²) >= 11 is 6.31. The second kappa shape index (κ2) is 20.3. The Morgan fingerprint density at radius 2 is 1.35 bits per heavy atom. The molecule has 0 aliphatic heterocycles. The molecular formula is C35H40ClF9N2O5. The monoisotopic (exact) mass is 774 g/mol. The summed E-state index contributed by atoms with van der Waals surface area (Å²) in [7, 11) is 3.78. The molecule has 2 N–H and O–H groups in total. The van der Waals surface area contributed by atoms with E-state index in [4.69, 9.17) is 25.8 Å². The molecule has 3 rings (SSSR count). The van der Waals surface area contributed by atoms with E-state index in [1.165, 1.54) is 33.2 Å². The van der Waals surface area contributed by atoms with Gasteiger partial charge < -0.3 is 29.6 Å². The third-order valence-corrected chi connectivity index (χ3v) is 7.64. The molecule has 0 aliphatic carbocycles. The number of alkyl halides is 9. The normalized spacial score (nSPS) is 12.7. The predicted octanol–water partition coefficient (Wildman–Crippen LogP) is 9.77. The number of halogens is 10. The average Bonchev–Trinajstić information content (AvgIpc) is 3.10. The van der Waals surface area contributed by atoms with Gasteiger partial charge in [-0.1, -0.05) is 31.5 Å². The van der Waals surface area contributed by atoms with E-state index in [9.17, 15) is 49.1 Å². The van der Waals surface area contributed by atoms with Crippen molar-refractivity contribution in [3.05, 3.63) is 81.4 Å². The van der Waals surface area contributed by atoms with Crippen LogP contribution in [0.1, 0.15) is 67.5 Å². The van der Waals surface area contributed by atoms with E-state index in [1.807, 2.05) is 13.8 Å². The summed E-state index contributed by atoms with van der Waals surface area (Å²) in [4.78, 5) is 23.9. The molecule has 0 aromatic heterocycles. The Kier molecular flexibility index (Phi) is 17.9. The smallest absolute Gasteiger partial charge is 0.416 e. The van der Waals surface area contributed by atoms with Crippen LogP contribution in [0.2, 0.25) is 5.02 Å². The van der Waals surface area contributed by atoms with Crippen molar-refractivity contribution in [1.29, 1.82) is 0 Å². The van der Waals surface area contributed by atoms with E-state index in [0.717, 1.165) is 30.2 Å². The van der Waals surface area contributed by atoms with Crippen molar-refractivity contribution in [2.75, 3.05) is 27.9 Å². The third-order valence-electron chi connectivity index (χ3n) is 7.34. The molecule has 52 heavy (non-hydrogen) atoms. The summed E-state index contributed by atoms with van der Waals surface area (Å²) < 4.78 is 139. The van der Waals surface area contributed by atoms with Crippen molar-refractivity contribution >= 4 is 24.3 Å². The molecule has 0 saturated heterocycles. The molecule has 17 heteroatoms. The van der Waals surface area contributed by atoms with E-state index in [-0.39, 0.29) is 58.7 Å². The van der Waals surface area contributed by atoms with Gasteiger partial charge in [-0.05, 0) is 73.5 Å². The number of methoxy groups -OCH3 is 2. The largest absolute Gasteiger partial charge is 0.496 e. The fourth-order valence-corrected chi connectivity index (χ4v) is 5.15. The van der Waals surface area contributed by atoms with Crippen molar-refractivity contribution < 1.29 is 63.3 Å². The van der Waals surface area contributed by atoms with Gasteiger partial charge in [0, 0.05) is 31.7 Å². The summed E-state index contributed by atoms with van der Waals surface area (Å²) in [5.74, 6) is 0.208. The van der Waals surface area contributed by atoms with Crippen molar-refractivity contribution in [2.45, 2.75) is 70.8 Å². The number of carbonyl (C=O) groups is 2. The Bertz CT molecular complexity index is 1570. The highest BCUT2D eigenvalue weighted by molar-refractivity contribution is 6.32. The van der Waals surface area contributed by atoms with Gasteiger partial charge in [-0.15, -0.1) is 0 Å². The highest BCUT2D eigenvalue weighted by Crippen LogP contribution is 2.43. The Morgan fingerprint density at radius 1 is 0.788 bits per heavy atom. The van der Waals surface area contributed by atoms with Crippen LogP contribution in [0.5, 0.6) is 11.5 Å². The molecular weight excluding hydrogens is 735 g/mol. The number of carbonyl (C=O) groups excluding carboxylic acids is 2. The maximum atomic E-state index is 13.8. The van der Waals surface area contributed by atoms with Crippen LogP contribution < -0.4 is 15.2 Å². The number of benzene rings is 3. The quantitative estimate of drug-likeness (QED) is 0.0997. The molecule has 0 spiro atoms. The standard InChI is InChI=1S/C32H29ClF9NO5.C2H6.CH5N/c1-18(29(47-3)19-10-22(31(37,38)39)13-23(11-19)32(40,41)42)43(17-45)16-20-12-21(30(34,35)36)6-7-24(20)25-14-28(48-9-5-4-8-44)26(33)15-27(25)46-2;2*1-2/h6-8,10-15,17-18,29H,4-5,9,16H2,1-3H3;1-2H3;2H2,1H3/t18-,29-;;/m0../s1. The molecule has 0 saturated carbocycles. The lowest BCUT2D eigenvalue weighted by Crippen LogP contribution is -2.37. The minimum Gasteiger partial charge on any atom is -0.496 e. The second-order valence-corrected chi connectivity index (χ2v) is 10.9. The van der Waals surface area contributed by atoms with Gasteiger partial charge in [-0.3, -0.25) is 4.79 Å². The van der Waals surface area contributed by atoms with Crippen LogP contribution in [0.15, 0.2) is 48.5 Å². The van der Waals surface area contributed by atoms with Crippen molar-refractivity contribution in [3.63, 3.8) is 0 Å². The van der Waals surface area contributed by atoms with Crippen LogP contribution in [0, 0.1) is 0 Å². The summed E-state index contributed by atoms with van der Waals surface area (Å²) in [6.45, 7) is 4.73. The molecule has 7 nitrogen and oxygen atoms in total. The molecule has 0 bridgehead atoms. The zero-order chi connectivity index (χ0) is 40.0. The van der Waals surface area contributed by atoms with Gasteiger partial charge in [0.2, 0.25) is 6.41 Å². The lowest BCUT2D eigenvalue weighted by Gasteiger charge is -2.33. The number of hydrogen-bond acceptors (Lipinski definition) is 6. The number of ether oxygens (including phenoxy) is 3. The number of nitrogens with zero attached hydrogens (tertiary/aromatic N) is 1. The highest BCUT2D eigenvalue weighted by Gasteiger charge is 2.39. The number of amides is 1. The first-order chi connectivity index (χ1) is 24.3. The van der Waals surface area contributed by atoms with Crippen LogP contribution in [-0.4, -0.2) is 51.5 Å². The Morgan fingerprint density at radius 3 is 1.81 bits per heavy atom. The number of aldehydes is 1. The summed E-state index contributed by atoms with van der Waals surface area (Å²) in [5, 5.41) is 0.0838. The second-order valence-electron chi connectivity index (χ2n) is 10.5. The minimum absolute atomic E-state index is 0.0624. The van der Waals surface area contributed by atoms with Crippen LogP contribution in [0.3, 0.4) is 0 Å². The van der Waals surface area contributed by atoms with E-state index in [2.05, 4.69) is 5.73 Å². The van der Waals surface area contributed by atoms with Gasteiger partial charge in [-0.25, -0.2) is 0 Å². The molecule has 0 fully saturated rings. The summed E-state index contributed by atoms with van der Waals surface area (Å²) in [6, 6.07) is 4.93. The van der Waals surface area contributed by atoms with E-state index in [1.54, 1.807) is 0 Å². The molecule has 3 aromatic carbocycles. The number of rotatable bonds is 14. The van der Waals surface area contributed by atoms with Gasteiger partial charge in [0.1, 0.15) is 23.9 Å². The molecule has 0 aliphatic rings. The fraction of sp³-hybridized carbons (Fsp3) is 0.429. The van der Waals surface area contributed by atoms with E-state index < -0.39 is 59.5 Å². The maximum absolute atomic E-state index is 13.8. The van der Waals surface area contributed by atoms with Gasteiger partial charge >= 0.3 is 18.5 Å². The fourth-order valence-electron chi connectivity index (χ4n) is 4.94. The lowest BCUT2D eigenvalue weighted by molar-refractivity contribution is -0.143. The first-order valence-electron chi connectivity index (χ1n) is 15.6. The zero-order valence-corrected chi connectivity index (χ0v) is 29.9. The molecule has 2 atom stereocenters. The first-order valence-corrected chi connectivity index (χ1v) is 16.0. The molecule has 0 unspecified atom stereocenters. The van der Waals surface area contributed by atoms with Crippen LogP contribution in [0.4, 0.5) is 39.5 Å². The van der Waals surface area contributed by atoms with Gasteiger partial charge in [-0.2, -0.15) is 39.5 Å². The van der Waals surface area contributed by atoms with E-state index >= 15 is 0 Å². The summed E-state index contributed by atoms with van der Waals surface area (Å²) in [6.07, 6.45) is -15.3. The zero-order valence-electron chi connectivity index (χ0n) is 29.1. The van der Waals surface area contributed by atoms with Crippen LogP contribution in [0.25, 0.3) is 11.1 Å². The van der Waals surface area contributed by atoms with Gasteiger partial charge in [0.25, 0.3) is 0 Å². The maximum Gasteiger partial charge on any atom is 0.416 e. The molecule has 0 heterocycles. The Hall–Kier alpha value is -4.02. The molecule has 1 amide bonds. The number of unbranched alkanes of at least 4 members (excludes halogenated alkanes) is 1. The van der Waals surface area contributed by atoms with Crippen LogP contribution in [-0.2, 0) is 39.4 Å². The lowest BCUT2D eigenvalue weighted by atomic mass is 9.94. The first kappa shape index (κ1) is 46.0. The van der Waals surface area contributed by atoms with Gasteiger partial charge in [0.15, 0.2) is 0 Å². The Balaban J connectivity index is 0.00000326. The van der Waals surface area contributed by atoms with Crippen molar-refractivity contribution in [1.82, 2.24) is 4.90 Å². The van der Waals surface area contributed by atoms with E-state index in [0.29, 0.717) is 24.8 Å². The van der Waals surface area contributed by atoms with Gasteiger partial charge in [0.05, 0.1) is 41.5 Å². The van der Waals surface area contributed by atoms with Crippen molar-refractivity contribution in [3.8, 4) is 22.6 Å². The predicted molar refractivity (Wildman–Crippen MR) is 178 cm³/mol. The topological polar surface area (TPSA) is 91.1 Å². The third kappa shape index (κ3) is 12.3. The highest BCUT2D eigenvalue weighted by atomic mass is 35.5. The summed E-state index contributed by atoms with van der Waals surface area (Å²) in [5.41, 5.74) is -0.220. The Labute approximate surface area is 300 Å². The SMILES string of the molecule is CC.CN.COc1cc(Cl)c(OCCCC=O)cc1-c1ccc(C(F)(F)F)cc1CN(C=O)[C@@H](C)[C@H](OC)c1cc(C(F)(F)F)cc(C(F)(F)F)c1.